The van der Waals surface area contributed by atoms with E-state index >= 15 is 0 Å². The summed E-state index contributed by atoms with van der Waals surface area (Å²) in [4.78, 5) is 27.3. The van der Waals surface area contributed by atoms with Gasteiger partial charge in [0.1, 0.15) is 5.82 Å². The Morgan fingerprint density at radius 1 is 1.22 bits per heavy atom. The largest absolute Gasteiger partial charge is 0.351 e. The van der Waals surface area contributed by atoms with Crippen molar-refractivity contribution in [1.82, 2.24) is 10.2 Å². The molecule has 0 saturated carbocycles. The van der Waals surface area contributed by atoms with Crippen molar-refractivity contribution in [3.8, 4) is 0 Å². The average Bonchev–Trinajstić information content (AvgIpc) is 2.66. The molecular weight excluding hydrogens is 367 g/mol. The van der Waals surface area contributed by atoms with Gasteiger partial charge in [-0.25, -0.2) is 4.39 Å². The van der Waals surface area contributed by atoms with Gasteiger partial charge in [0, 0.05) is 19.6 Å². The fourth-order valence-electron chi connectivity index (χ4n) is 3.45. The van der Waals surface area contributed by atoms with Crippen LogP contribution in [0.4, 0.5) is 4.39 Å². The maximum absolute atomic E-state index is 13.3. The van der Waals surface area contributed by atoms with Crippen LogP contribution in [0.2, 0.25) is 5.02 Å². The van der Waals surface area contributed by atoms with Crippen molar-refractivity contribution in [3.05, 3.63) is 70.5 Å². The molecule has 1 heterocycles. The molecule has 2 amide bonds. The lowest BCUT2D eigenvalue weighted by Crippen LogP contribution is -2.51. The summed E-state index contributed by atoms with van der Waals surface area (Å²) < 4.78 is 13.3. The highest BCUT2D eigenvalue weighted by atomic mass is 35.5. The van der Waals surface area contributed by atoms with E-state index in [1.807, 2.05) is 6.92 Å². The number of likely N-dealkylation sites (tertiary alicyclic amines) is 1. The fraction of sp³-hybridized carbons (Fsp3) is 0.333. The second-order valence-electron chi connectivity index (χ2n) is 7.18. The number of carbonyl (C=O) groups excluding carboxylic acids is 2. The van der Waals surface area contributed by atoms with E-state index in [1.54, 1.807) is 41.3 Å². The Morgan fingerprint density at radius 3 is 2.74 bits per heavy atom. The number of nitrogens with one attached hydrogen (secondary N) is 1. The van der Waals surface area contributed by atoms with Gasteiger partial charge in [0.05, 0.1) is 16.0 Å². The van der Waals surface area contributed by atoms with E-state index in [4.69, 9.17) is 11.6 Å². The first-order valence-electron chi connectivity index (χ1n) is 8.96. The molecule has 0 unspecified atom stereocenters. The molecule has 1 N–H and O–H groups in total. The third-order valence-electron chi connectivity index (χ3n) is 4.98. The molecular formula is C21H22ClFN2O2. The number of rotatable bonds is 4. The second kappa shape index (κ2) is 8.09. The molecule has 2 aromatic rings. The summed E-state index contributed by atoms with van der Waals surface area (Å²) in [5, 5.41) is 3.29. The van der Waals surface area contributed by atoms with E-state index in [0.717, 1.165) is 6.42 Å². The van der Waals surface area contributed by atoms with Crippen molar-refractivity contribution in [2.45, 2.75) is 26.3 Å². The number of benzene rings is 2. The van der Waals surface area contributed by atoms with Crippen LogP contribution in [0.3, 0.4) is 0 Å². The van der Waals surface area contributed by atoms with Gasteiger partial charge in [0.2, 0.25) is 5.91 Å². The van der Waals surface area contributed by atoms with Crippen LogP contribution >= 0.6 is 11.6 Å². The van der Waals surface area contributed by atoms with E-state index in [9.17, 15) is 14.0 Å². The summed E-state index contributed by atoms with van der Waals surface area (Å²) in [5.74, 6) is -0.630. The molecule has 4 nitrogen and oxygen atoms in total. The topological polar surface area (TPSA) is 49.4 Å². The average molecular weight is 389 g/mol. The van der Waals surface area contributed by atoms with Crippen LogP contribution in [-0.4, -0.2) is 29.8 Å². The lowest BCUT2D eigenvalue weighted by Gasteiger charge is -2.39. The zero-order valence-corrected chi connectivity index (χ0v) is 15.9. The van der Waals surface area contributed by atoms with Crippen LogP contribution in [-0.2, 0) is 11.3 Å². The molecule has 1 atom stereocenters. The van der Waals surface area contributed by atoms with E-state index < -0.39 is 5.41 Å². The van der Waals surface area contributed by atoms with Crippen molar-refractivity contribution in [2.75, 3.05) is 13.1 Å². The SMILES string of the molecule is C[C@]1(C(=O)NCc2cccc(F)c2)CCCN(C(=O)c2ccccc2Cl)C1. The van der Waals surface area contributed by atoms with Gasteiger partial charge in [0.25, 0.3) is 5.91 Å². The van der Waals surface area contributed by atoms with Crippen molar-refractivity contribution < 1.29 is 14.0 Å². The molecule has 1 aliphatic heterocycles. The third-order valence-corrected chi connectivity index (χ3v) is 5.31. The number of halogens is 2. The normalized spacial score (nSPS) is 19.6. The molecule has 142 valence electrons. The monoisotopic (exact) mass is 388 g/mol. The molecule has 1 aliphatic rings. The summed E-state index contributed by atoms with van der Waals surface area (Å²) in [5.41, 5.74) is 0.456. The highest BCUT2D eigenvalue weighted by Crippen LogP contribution is 2.31. The van der Waals surface area contributed by atoms with Gasteiger partial charge in [-0.3, -0.25) is 9.59 Å². The Labute approximate surface area is 163 Å². The number of piperidine rings is 1. The highest BCUT2D eigenvalue weighted by Gasteiger charge is 2.39. The van der Waals surface area contributed by atoms with Gasteiger partial charge < -0.3 is 10.2 Å². The Balaban J connectivity index is 1.67. The van der Waals surface area contributed by atoms with Crippen LogP contribution in [0.25, 0.3) is 0 Å². The minimum absolute atomic E-state index is 0.136. The van der Waals surface area contributed by atoms with E-state index in [1.165, 1.54) is 12.1 Å². The Morgan fingerprint density at radius 2 is 2.00 bits per heavy atom. The predicted molar refractivity (Wildman–Crippen MR) is 103 cm³/mol. The maximum atomic E-state index is 13.3. The molecule has 0 radical (unpaired) electrons. The molecule has 6 heteroatoms. The second-order valence-corrected chi connectivity index (χ2v) is 7.59. The molecule has 2 aromatic carbocycles. The number of carbonyl (C=O) groups is 2. The van der Waals surface area contributed by atoms with Crippen LogP contribution in [0.15, 0.2) is 48.5 Å². The van der Waals surface area contributed by atoms with Crippen LogP contribution < -0.4 is 5.32 Å². The van der Waals surface area contributed by atoms with Gasteiger partial charge in [-0.2, -0.15) is 0 Å². The maximum Gasteiger partial charge on any atom is 0.255 e. The molecule has 0 spiro atoms. The molecule has 0 aliphatic carbocycles. The number of nitrogens with zero attached hydrogens (tertiary/aromatic N) is 1. The molecule has 3 rings (SSSR count). The van der Waals surface area contributed by atoms with E-state index in [0.29, 0.717) is 35.7 Å². The highest BCUT2D eigenvalue weighted by molar-refractivity contribution is 6.33. The zero-order valence-electron chi connectivity index (χ0n) is 15.2. The number of amides is 2. The predicted octanol–water partition coefficient (Wildman–Crippen LogP) is 4.04. The van der Waals surface area contributed by atoms with Crippen molar-refractivity contribution in [1.29, 1.82) is 0 Å². The Bertz CT molecular complexity index is 858. The molecule has 1 fully saturated rings. The lowest BCUT2D eigenvalue weighted by atomic mass is 9.80. The molecule has 0 bridgehead atoms. The van der Waals surface area contributed by atoms with Gasteiger partial charge in [-0.15, -0.1) is 0 Å². The fourth-order valence-corrected chi connectivity index (χ4v) is 3.66. The summed E-state index contributed by atoms with van der Waals surface area (Å²) in [6, 6.07) is 13.1. The van der Waals surface area contributed by atoms with E-state index in [-0.39, 0.29) is 24.2 Å². The minimum Gasteiger partial charge on any atom is -0.351 e. The first-order chi connectivity index (χ1) is 12.9. The molecule has 0 aromatic heterocycles. The summed E-state index contributed by atoms with van der Waals surface area (Å²) in [6.45, 7) is 3.04. The van der Waals surface area contributed by atoms with Gasteiger partial charge in [0.15, 0.2) is 0 Å². The standard InChI is InChI=1S/C21H22ClFN2O2/c1-21(20(27)24-13-15-6-4-7-16(23)12-15)10-5-11-25(14-21)19(26)17-8-2-3-9-18(17)22/h2-4,6-9,12H,5,10-11,13-14H2,1H3,(H,24,27)/t21-/m0/s1. The van der Waals surface area contributed by atoms with Crippen molar-refractivity contribution in [3.63, 3.8) is 0 Å². The first-order valence-corrected chi connectivity index (χ1v) is 9.33. The van der Waals surface area contributed by atoms with Gasteiger partial charge in [-0.1, -0.05) is 35.9 Å². The Hall–Kier alpha value is -2.40. The number of hydrogen-bond donors (Lipinski definition) is 1. The smallest absolute Gasteiger partial charge is 0.255 e. The van der Waals surface area contributed by atoms with Crippen LogP contribution in [0, 0.1) is 11.2 Å². The first kappa shape index (κ1) is 19.4. The molecule has 1 saturated heterocycles. The summed E-state index contributed by atoms with van der Waals surface area (Å²) in [7, 11) is 0. The lowest BCUT2D eigenvalue weighted by molar-refractivity contribution is -0.132. The molecule has 27 heavy (non-hydrogen) atoms. The third kappa shape index (κ3) is 4.48. The number of hydrogen-bond acceptors (Lipinski definition) is 2. The summed E-state index contributed by atoms with van der Waals surface area (Å²) >= 11 is 6.14. The Kier molecular flexibility index (Phi) is 5.80. The van der Waals surface area contributed by atoms with E-state index in [2.05, 4.69) is 5.32 Å². The van der Waals surface area contributed by atoms with Crippen molar-refractivity contribution in [2.24, 2.45) is 5.41 Å². The van der Waals surface area contributed by atoms with Crippen LogP contribution in [0.1, 0.15) is 35.7 Å². The van der Waals surface area contributed by atoms with Crippen LogP contribution in [0.5, 0.6) is 0 Å². The zero-order chi connectivity index (χ0) is 19.4. The quantitative estimate of drug-likeness (QED) is 0.859. The van der Waals surface area contributed by atoms with Crippen molar-refractivity contribution >= 4 is 23.4 Å². The minimum atomic E-state index is -0.692. The summed E-state index contributed by atoms with van der Waals surface area (Å²) in [6.07, 6.45) is 1.42. The van der Waals surface area contributed by atoms with Gasteiger partial charge in [-0.05, 0) is 49.6 Å². The van der Waals surface area contributed by atoms with Gasteiger partial charge >= 0.3 is 0 Å².